The van der Waals surface area contributed by atoms with E-state index in [1.54, 1.807) is 0 Å². The molecule has 2 amide bonds. The molecule has 5 nitrogen and oxygen atoms in total. The number of anilines is 1. The molecule has 28 heavy (non-hydrogen) atoms. The highest BCUT2D eigenvalue weighted by Crippen LogP contribution is 2.54. The lowest BCUT2D eigenvalue weighted by molar-refractivity contribution is -0.115. The molecule has 1 atom stereocenters. The van der Waals surface area contributed by atoms with Crippen LogP contribution in [0.3, 0.4) is 0 Å². The molecule has 4 rings (SSSR count). The minimum absolute atomic E-state index is 0.0784. The van der Waals surface area contributed by atoms with Crippen molar-refractivity contribution in [2.24, 2.45) is 11.1 Å². The number of rotatable bonds is 4. The second kappa shape index (κ2) is 7.54. The van der Waals surface area contributed by atoms with Gasteiger partial charge >= 0.3 is 0 Å². The molecule has 1 saturated carbocycles. The highest BCUT2D eigenvalue weighted by atomic mass is 32.1. The molecule has 3 aliphatic rings. The third kappa shape index (κ3) is 3.36. The van der Waals surface area contributed by atoms with Gasteiger partial charge in [0, 0.05) is 30.1 Å². The molecule has 152 valence electrons. The first-order valence-electron chi connectivity index (χ1n) is 10.7. The van der Waals surface area contributed by atoms with Crippen LogP contribution >= 0.6 is 11.3 Å². The van der Waals surface area contributed by atoms with E-state index in [-0.39, 0.29) is 11.3 Å². The van der Waals surface area contributed by atoms with Crippen molar-refractivity contribution in [2.75, 3.05) is 11.9 Å². The Kier molecular flexibility index (Phi) is 5.25. The Morgan fingerprint density at radius 1 is 1.29 bits per heavy atom. The first-order valence-corrected chi connectivity index (χ1v) is 11.5. The van der Waals surface area contributed by atoms with Crippen LogP contribution in [-0.4, -0.2) is 29.3 Å². The first-order chi connectivity index (χ1) is 13.4. The van der Waals surface area contributed by atoms with Crippen LogP contribution < -0.4 is 11.1 Å². The summed E-state index contributed by atoms with van der Waals surface area (Å²) in [6.07, 6.45) is 12.4. The summed E-state index contributed by atoms with van der Waals surface area (Å²) >= 11 is 1.54. The van der Waals surface area contributed by atoms with Crippen molar-refractivity contribution in [2.45, 2.75) is 77.7 Å². The number of nitrogens with one attached hydrogen (secondary N) is 1. The maximum Gasteiger partial charge on any atom is 0.252 e. The van der Waals surface area contributed by atoms with Gasteiger partial charge in [0.25, 0.3) is 5.91 Å². The summed E-state index contributed by atoms with van der Waals surface area (Å²) in [4.78, 5) is 27.9. The Bertz CT molecular complexity index is 822. The summed E-state index contributed by atoms with van der Waals surface area (Å²) in [5.74, 6) is -0.515. The van der Waals surface area contributed by atoms with E-state index in [0.717, 1.165) is 36.2 Å². The van der Waals surface area contributed by atoms with Gasteiger partial charge in [-0.05, 0) is 48.7 Å². The Morgan fingerprint density at radius 2 is 2.04 bits per heavy atom. The van der Waals surface area contributed by atoms with E-state index in [2.05, 4.69) is 23.3 Å². The Labute approximate surface area is 171 Å². The van der Waals surface area contributed by atoms with E-state index in [4.69, 9.17) is 5.73 Å². The smallest absolute Gasteiger partial charge is 0.252 e. The van der Waals surface area contributed by atoms with Crippen LogP contribution in [0.15, 0.2) is 6.20 Å². The van der Waals surface area contributed by atoms with Gasteiger partial charge in [0.1, 0.15) is 5.00 Å². The van der Waals surface area contributed by atoms with Gasteiger partial charge in [-0.2, -0.15) is 0 Å². The number of carbonyl (C=O) groups is 2. The van der Waals surface area contributed by atoms with E-state index in [1.807, 2.05) is 6.92 Å². The number of nitrogens with two attached hydrogens (primary N) is 1. The summed E-state index contributed by atoms with van der Waals surface area (Å²) in [5.41, 5.74) is 8.78. The third-order valence-electron chi connectivity index (χ3n) is 6.91. The van der Waals surface area contributed by atoms with Crippen molar-refractivity contribution in [3.63, 3.8) is 0 Å². The Morgan fingerprint density at radius 3 is 2.71 bits per heavy atom. The first kappa shape index (κ1) is 19.5. The zero-order valence-electron chi connectivity index (χ0n) is 17.0. The quantitative estimate of drug-likeness (QED) is 0.778. The molecule has 2 aliphatic carbocycles. The molecule has 0 saturated heterocycles. The molecule has 0 aromatic carbocycles. The molecule has 1 fully saturated rings. The van der Waals surface area contributed by atoms with Crippen LogP contribution in [0.1, 0.15) is 86.0 Å². The number of hydrogen-bond acceptors (Lipinski definition) is 4. The van der Waals surface area contributed by atoms with E-state index >= 15 is 0 Å². The average Bonchev–Trinajstić information content (AvgIpc) is 3.06. The summed E-state index contributed by atoms with van der Waals surface area (Å²) in [5, 5.41) is 3.55. The standard InChI is InChI=1S/C22H31N3O2S/c1-3-17(26)24-21-18(20(23)27)15-9-10-22(2)11-12-25(13-16(22)19(15)28-21)14-7-5-4-6-8-14/h13-14H,3-12H2,1-2H3,(H2,23,27)(H,24,26)/t22-/m1/s1. The number of hydrogen-bond donors (Lipinski definition) is 2. The maximum absolute atomic E-state index is 12.2. The van der Waals surface area contributed by atoms with Gasteiger partial charge in [-0.1, -0.05) is 33.1 Å². The maximum atomic E-state index is 12.2. The van der Waals surface area contributed by atoms with E-state index in [9.17, 15) is 9.59 Å². The molecule has 0 unspecified atom stereocenters. The fourth-order valence-electron chi connectivity index (χ4n) is 5.08. The molecule has 6 heteroatoms. The van der Waals surface area contributed by atoms with Gasteiger partial charge in [-0.3, -0.25) is 9.59 Å². The van der Waals surface area contributed by atoms with Crippen LogP contribution in [-0.2, 0) is 11.2 Å². The molecule has 1 aromatic rings. The third-order valence-corrected chi connectivity index (χ3v) is 8.09. The van der Waals surface area contributed by atoms with Crippen molar-refractivity contribution in [3.8, 4) is 0 Å². The SMILES string of the molecule is CCC(=O)Nc1sc2c(c1C(N)=O)CC[C@]1(C)CCN(C3CCCCC3)C=C21. The molecule has 0 radical (unpaired) electrons. The van der Waals surface area contributed by atoms with Crippen molar-refractivity contribution in [1.82, 2.24) is 4.90 Å². The monoisotopic (exact) mass is 401 g/mol. The van der Waals surface area contributed by atoms with E-state index in [1.165, 1.54) is 49.0 Å². The lowest BCUT2D eigenvalue weighted by Crippen LogP contribution is -2.41. The fraction of sp³-hybridized carbons (Fsp3) is 0.636. The number of fused-ring (bicyclic) bond motifs is 3. The number of allylic oxidation sites excluding steroid dienone is 1. The Balaban J connectivity index is 1.75. The lowest BCUT2D eigenvalue weighted by Gasteiger charge is -2.45. The number of amides is 2. The topological polar surface area (TPSA) is 75.4 Å². The molecule has 3 N–H and O–H groups in total. The van der Waals surface area contributed by atoms with Crippen molar-refractivity contribution in [1.29, 1.82) is 0 Å². The molecule has 0 spiro atoms. The number of thiophene rings is 1. The normalized spacial score (nSPS) is 24.9. The number of nitrogens with zero attached hydrogens (tertiary/aromatic N) is 1. The molecular weight excluding hydrogens is 370 g/mol. The second-order valence-electron chi connectivity index (χ2n) is 8.76. The summed E-state index contributed by atoms with van der Waals surface area (Å²) in [6.45, 7) is 5.29. The van der Waals surface area contributed by atoms with E-state index < -0.39 is 5.91 Å². The van der Waals surface area contributed by atoms with Gasteiger partial charge < -0.3 is 16.0 Å². The van der Waals surface area contributed by atoms with E-state index in [0.29, 0.717) is 23.0 Å². The molecule has 1 aliphatic heterocycles. The van der Waals surface area contributed by atoms with Crippen LogP contribution in [0.25, 0.3) is 5.57 Å². The molecular formula is C22H31N3O2S. The summed E-state index contributed by atoms with van der Waals surface area (Å²) < 4.78 is 0. The fourth-order valence-corrected chi connectivity index (χ4v) is 6.51. The molecule has 0 bridgehead atoms. The van der Waals surface area contributed by atoms with Crippen LogP contribution in [0.4, 0.5) is 5.00 Å². The second-order valence-corrected chi connectivity index (χ2v) is 9.78. The minimum Gasteiger partial charge on any atom is -0.374 e. The largest absolute Gasteiger partial charge is 0.374 e. The number of carbonyl (C=O) groups excluding carboxylic acids is 2. The van der Waals surface area contributed by atoms with Crippen LogP contribution in [0.2, 0.25) is 0 Å². The zero-order valence-corrected chi connectivity index (χ0v) is 17.8. The van der Waals surface area contributed by atoms with Gasteiger partial charge in [0.2, 0.25) is 5.91 Å². The Hall–Kier alpha value is -1.82. The zero-order chi connectivity index (χ0) is 19.9. The van der Waals surface area contributed by atoms with Gasteiger partial charge in [-0.15, -0.1) is 11.3 Å². The highest BCUT2D eigenvalue weighted by molar-refractivity contribution is 7.18. The summed E-state index contributed by atoms with van der Waals surface area (Å²) in [7, 11) is 0. The minimum atomic E-state index is -0.437. The number of primary amides is 1. The molecule has 2 heterocycles. The van der Waals surface area contributed by atoms with Crippen molar-refractivity contribution >= 4 is 33.7 Å². The van der Waals surface area contributed by atoms with Crippen LogP contribution in [0.5, 0.6) is 0 Å². The molecule has 1 aromatic heterocycles. The average molecular weight is 402 g/mol. The predicted molar refractivity (Wildman–Crippen MR) is 114 cm³/mol. The van der Waals surface area contributed by atoms with Crippen molar-refractivity contribution < 1.29 is 9.59 Å². The van der Waals surface area contributed by atoms with Gasteiger partial charge in [0.15, 0.2) is 0 Å². The van der Waals surface area contributed by atoms with Gasteiger partial charge in [-0.25, -0.2) is 0 Å². The van der Waals surface area contributed by atoms with Gasteiger partial charge in [0.05, 0.1) is 5.56 Å². The van der Waals surface area contributed by atoms with Crippen molar-refractivity contribution in [3.05, 3.63) is 22.2 Å². The summed E-state index contributed by atoms with van der Waals surface area (Å²) in [6, 6.07) is 0.644. The predicted octanol–water partition coefficient (Wildman–Crippen LogP) is 4.53. The van der Waals surface area contributed by atoms with Crippen LogP contribution in [0, 0.1) is 5.41 Å². The highest BCUT2D eigenvalue weighted by Gasteiger charge is 2.42. The lowest BCUT2D eigenvalue weighted by atomic mass is 9.68.